The maximum atomic E-state index is 10.5. The lowest BCUT2D eigenvalue weighted by Gasteiger charge is -2.12. The fourth-order valence-corrected chi connectivity index (χ4v) is 2.27. The summed E-state index contributed by atoms with van der Waals surface area (Å²) in [6.07, 6.45) is 2.80. The van der Waals surface area contributed by atoms with Gasteiger partial charge in [0.25, 0.3) is 10.1 Å². The van der Waals surface area contributed by atoms with Crippen LogP contribution >= 0.6 is 0 Å². The van der Waals surface area contributed by atoms with E-state index >= 15 is 0 Å². The lowest BCUT2D eigenvalue weighted by molar-refractivity contribution is 0.331. The molecule has 0 radical (unpaired) electrons. The Morgan fingerprint density at radius 2 is 1.83 bits per heavy atom. The largest absolute Gasteiger partial charge is 0.304 e. The zero-order valence-electron chi connectivity index (χ0n) is 11.1. The first-order valence-corrected chi connectivity index (χ1v) is 7.49. The molecule has 0 amide bonds. The summed E-state index contributed by atoms with van der Waals surface area (Å²) in [5.41, 5.74) is 0.956. The number of hydrogen-bond donors (Lipinski definition) is 1. The monoisotopic (exact) mass is 271 g/mol. The summed E-state index contributed by atoms with van der Waals surface area (Å²) in [4.78, 5) is 2.34. The third kappa shape index (κ3) is 4.76. The van der Waals surface area contributed by atoms with Gasteiger partial charge in [-0.05, 0) is 52.4 Å². The van der Waals surface area contributed by atoms with E-state index in [9.17, 15) is 8.42 Å². The highest BCUT2D eigenvalue weighted by molar-refractivity contribution is 7.85. The molecule has 1 heterocycles. The minimum Gasteiger partial charge on any atom is -0.304 e. The Hall–Kier alpha value is -0.910. The summed E-state index contributed by atoms with van der Waals surface area (Å²) < 4.78 is 29.6. The number of hydrogen-bond acceptors (Lipinski definition) is 3. The van der Waals surface area contributed by atoms with Gasteiger partial charge in [-0.25, -0.2) is 0 Å². The molecule has 1 fully saturated rings. The predicted octanol–water partition coefficient (Wildman–Crippen LogP) is 2.34. The molecule has 1 aliphatic heterocycles. The summed E-state index contributed by atoms with van der Waals surface area (Å²) >= 11 is 0. The number of likely N-dealkylation sites (tertiary alicyclic amines) is 1. The van der Waals surface area contributed by atoms with Crippen molar-refractivity contribution in [2.75, 3.05) is 13.6 Å². The van der Waals surface area contributed by atoms with Gasteiger partial charge in [0.15, 0.2) is 0 Å². The average molecular weight is 271 g/mol. The van der Waals surface area contributed by atoms with Crippen molar-refractivity contribution < 1.29 is 13.0 Å². The van der Waals surface area contributed by atoms with Gasteiger partial charge in [-0.1, -0.05) is 17.7 Å². The van der Waals surface area contributed by atoms with E-state index in [-0.39, 0.29) is 4.90 Å². The Morgan fingerprint density at radius 3 is 2.11 bits per heavy atom. The molecular formula is C13H21NO3S. The van der Waals surface area contributed by atoms with Crippen molar-refractivity contribution in [3.63, 3.8) is 0 Å². The van der Waals surface area contributed by atoms with E-state index in [1.165, 1.54) is 31.5 Å². The van der Waals surface area contributed by atoms with Crippen LogP contribution in [0.4, 0.5) is 0 Å². The summed E-state index contributed by atoms with van der Waals surface area (Å²) in [5, 5.41) is 0. The molecule has 1 atom stereocenters. The lowest BCUT2D eigenvalue weighted by Crippen LogP contribution is -2.20. The van der Waals surface area contributed by atoms with Crippen molar-refractivity contribution >= 4 is 10.1 Å². The molecule has 0 saturated carbocycles. The molecule has 1 aromatic rings. The molecule has 4 nitrogen and oxygen atoms in total. The molecule has 1 aromatic carbocycles. The van der Waals surface area contributed by atoms with Gasteiger partial charge in [-0.3, -0.25) is 4.55 Å². The maximum Gasteiger partial charge on any atom is 0.294 e. The van der Waals surface area contributed by atoms with Gasteiger partial charge in [0, 0.05) is 6.04 Å². The molecule has 1 unspecified atom stereocenters. The summed E-state index contributed by atoms with van der Waals surface area (Å²) in [7, 11) is -1.83. The fourth-order valence-electron chi connectivity index (χ4n) is 1.79. The molecule has 0 aromatic heterocycles. The topological polar surface area (TPSA) is 57.6 Å². The Balaban J connectivity index is 0.000000199. The van der Waals surface area contributed by atoms with Gasteiger partial charge in [0.2, 0.25) is 0 Å². The van der Waals surface area contributed by atoms with Gasteiger partial charge in [-0.15, -0.1) is 0 Å². The van der Waals surface area contributed by atoms with Crippen molar-refractivity contribution in [3.8, 4) is 0 Å². The molecule has 5 heteroatoms. The van der Waals surface area contributed by atoms with Crippen LogP contribution in [0.15, 0.2) is 29.2 Å². The molecule has 0 bridgehead atoms. The zero-order valence-corrected chi connectivity index (χ0v) is 11.9. The average Bonchev–Trinajstić information content (AvgIpc) is 2.63. The van der Waals surface area contributed by atoms with Gasteiger partial charge in [-0.2, -0.15) is 8.42 Å². The van der Waals surface area contributed by atoms with Gasteiger partial charge < -0.3 is 4.90 Å². The second-order valence-electron chi connectivity index (χ2n) is 4.76. The smallest absolute Gasteiger partial charge is 0.294 e. The van der Waals surface area contributed by atoms with E-state index in [0.717, 1.165) is 11.6 Å². The molecule has 1 aliphatic rings. The lowest BCUT2D eigenvalue weighted by atomic mass is 10.2. The van der Waals surface area contributed by atoms with Crippen LogP contribution in [0.1, 0.15) is 25.3 Å². The Labute approximate surface area is 109 Å². The first kappa shape index (κ1) is 15.1. The van der Waals surface area contributed by atoms with E-state index in [1.54, 1.807) is 12.1 Å². The van der Waals surface area contributed by atoms with Crippen molar-refractivity contribution in [1.29, 1.82) is 0 Å². The van der Waals surface area contributed by atoms with Crippen LogP contribution in [0, 0.1) is 6.92 Å². The second kappa shape index (κ2) is 6.31. The number of rotatable bonds is 1. The summed E-state index contributed by atoms with van der Waals surface area (Å²) in [5.74, 6) is 0. The van der Waals surface area contributed by atoms with Crippen LogP contribution in [-0.4, -0.2) is 37.5 Å². The van der Waals surface area contributed by atoms with E-state index in [4.69, 9.17) is 4.55 Å². The van der Waals surface area contributed by atoms with E-state index in [0.29, 0.717) is 0 Å². The van der Waals surface area contributed by atoms with Crippen LogP contribution < -0.4 is 0 Å². The van der Waals surface area contributed by atoms with Gasteiger partial charge in [0.1, 0.15) is 0 Å². The Morgan fingerprint density at radius 1 is 1.28 bits per heavy atom. The Kier molecular flexibility index (Phi) is 5.31. The molecular weight excluding hydrogens is 250 g/mol. The highest BCUT2D eigenvalue weighted by atomic mass is 32.2. The van der Waals surface area contributed by atoms with E-state index in [2.05, 4.69) is 18.9 Å². The minimum absolute atomic E-state index is 0.0666. The van der Waals surface area contributed by atoms with Crippen LogP contribution in [0.25, 0.3) is 0 Å². The van der Waals surface area contributed by atoms with Gasteiger partial charge >= 0.3 is 0 Å². The summed E-state index contributed by atoms with van der Waals surface area (Å²) in [6, 6.07) is 6.83. The highest BCUT2D eigenvalue weighted by Gasteiger charge is 2.14. The maximum absolute atomic E-state index is 10.5. The first-order chi connectivity index (χ1) is 8.30. The molecule has 0 aliphatic carbocycles. The molecule has 1 saturated heterocycles. The number of aryl methyl sites for hydroxylation is 1. The first-order valence-electron chi connectivity index (χ1n) is 6.05. The number of nitrogens with zero attached hydrogens (tertiary/aromatic N) is 1. The third-order valence-corrected chi connectivity index (χ3v) is 4.07. The molecule has 18 heavy (non-hydrogen) atoms. The Bertz CT molecular complexity index is 460. The van der Waals surface area contributed by atoms with Crippen molar-refractivity contribution in [3.05, 3.63) is 29.8 Å². The zero-order chi connectivity index (χ0) is 13.8. The standard InChI is InChI=1S/C7H8O3S.C6H13N/c1-6-2-4-7(5-3-6)11(8,9)10;1-6-4-3-5-7(6)2/h2-5H,1H3,(H,8,9,10);6H,3-5H2,1-2H3. The van der Waals surface area contributed by atoms with Crippen molar-refractivity contribution in [2.45, 2.75) is 37.6 Å². The highest BCUT2D eigenvalue weighted by Crippen LogP contribution is 2.12. The quantitative estimate of drug-likeness (QED) is 0.797. The fraction of sp³-hybridized carbons (Fsp3) is 0.538. The normalized spacial score (nSPS) is 20.3. The molecule has 2 rings (SSSR count). The second-order valence-corrected chi connectivity index (χ2v) is 6.18. The van der Waals surface area contributed by atoms with Crippen LogP contribution in [0.2, 0.25) is 0 Å². The third-order valence-electron chi connectivity index (χ3n) is 3.20. The van der Waals surface area contributed by atoms with E-state index < -0.39 is 10.1 Å². The molecule has 1 N–H and O–H groups in total. The van der Waals surface area contributed by atoms with Gasteiger partial charge in [0.05, 0.1) is 4.90 Å². The van der Waals surface area contributed by atoms with Crippen LogP contribution in [-0.2, 0) is 10.1 Å². The minimum atomic E-state index is -4.02. The SMILES string of the molecule is CC1CCCN1C.Cc1ccc(S(=O)(=O)O)cc1. The van der Waals surface area contributed by atoms with Crippen LogP contribution in [0.5, 0.6) is 0 Å². The van der Waals surface area contributed by atoms with E-state index in [1.807, 2.05) is 6.92 Å². The van der Waals surface area contributed by atoms with Crippen molar-refractivity contribution in [2.24, 2.45) is 0 Å². The molecule has 102 valence electrons. The molecule has 0 spiro atoms. The number of benzene rings is 1. The predicted molar refractivity (Wildman–Crippen MR) is 72.3 cm³/mol. The van der Waals surface area contributed by atoms with Crippen LogP contribution in [0.3, 0.4) is 0 Å². The van der Waals surface area contributed by atoms with Crippen molar-refractivity contribution in [1.82, 2.24) is 4.90 Å². The summed E-state index contributed by atoms with van der Waals surface area (Å²) in [6.45, 7) is 5.43.